The third-order valence-electron chi connectivity index (χ3n) is 3.28. The Kier molecular flexibility index (Phi) is 4.76. The molecule has 5 heteroatoms. The van der Waals surface area contributed by atoms with Gasteiger partial charge in [0.1, 0.15) is 6.61 Å². The molecule has 2 N–H and O–H groups in total. The second kappa shape index (κ2) is 6.37. The van der Waals surface area contributed by atoms with Gasteiger partial charge in [0.25, 0.3) is 0 Å². The molecule has 0 atom stereocenters. The average molecular weight is 324 g/mol. The number of carbonyl (C=O) groups is 1. The van der Waals surface area contributed by atoms with Crippen molar-refractivity contribution in [1.29, 1.82) is 0 Å². The fraction of sp³-hybridized carbons (Fsp3) is 0.188. The van der Waals surface area contributed by atoms with Crippen molar-refractivity contribution in [3.05, 3.63) is 62.6 Å². The van der Waals surface area contributed by atoms with Crippen molar-refractivity contribution in [3.63, 3.8) is 0 Å². The molecule has 2 aromatic carbocycles. The Balaban J connectivity index is 2.16. The van der Waals surface area contributed by atoms with Gasteiger partial charge in [0.05, 0.1) is 21.3 Å². The number of ether oxygens (including phenoxy) is 1. The molecular weight excluding hydrogens is 309 g/mol. The Labute approximate surface area is 133 Å². The van der Waals surface area contributed by atoms with E-state index in [4.69, 9.17) is 33.7 Å². The van der Waals surface area contributed by atoms with Crippen molar-refractivity contribution in [1.82, 2.24) is 0 Å². The third-order valence-corrected chi connectivity index (χ3v) is 4.10. The van der Waals surface area contributed by atoms with Gasteiger partial charge in [0.15, 0.2) is 0 Å². The molecule has 0 heterocycles. The molecule has 0 saturated heterocycles. The lowest BCUT2D eigenvalue weighted by Crippen LogP contribution is -2.08. The van der Waals surface area contributed by atoms with Crippen LogP contribution in [0.3, 0.4) is 0 Å². The fourth-order valence-electron chi connectivity index (χ4n) is 2.03. The molecule has 0 aromatic heterocycles. The predicted molar refractivity (Wildman–Crippen MR) is 85.9 cm³/mol. The number of carbonyl (C=O) groups excluding carboxylic acids is 1. The highest BCUT2D eigenvalue weighted by Crippen LogP contribution is 2.29. The lowest BCUT2D eigenvalue weighted by atomic mass is 10.0. The van der Waals surface area contributed by atoms with E-state index in [2.05, 4.69) is 0 Å². The van der Waals surface area contributed by atoms with Gasteiger partial charge in [-0.1, -0.05) is 41.4 Å². The van der Waals surface area contributed by atoms with Crippen molar-refractivity contribution in [2.45, 2.75) is 20.5 Å². The Morgan fingerprint density at radius 1 is 1.19 bits per heavy atom. The number of nitrogen functional groups attached to an aromatic ring is 1. The zero-order chi connectivity index (χ0) is 15.6. The van der Waals surface area contributed by atoms with E-state index >= 15 is 0 Å². The standard InChI is InChI=1S/C16H15Cl2NO2/c1-9-4-3-5-10(2)12(9)8-21-16(20)11-6-13(17)15(18)14(19)7-11/h3-7H,8,19H2,1-2H3. The largest absolute Gasteiger partial charge is 0.457 e. The molecule has 2 rings (SSSR count). The van der Waals surface area contributed by atoms with Gasteiger partial charge in [-0.25, -0.2) is 4.79 Å². The van der Waals surface area contributed by atoms with Crippen LogP contribution in [0.25, 0.3) is 0 Å². The molecule has 0 aliphatic rings. The second-order valence-electron chi connectivity index (χ2n) is 4.81. The molecule has 0 aliphatic carbocycles. The van der Waals surface area contributed by atoms with Crippen LogP contribution in [0.1, 0.15) is 27.0 Å². The van der Waals surface area contributed by atoms with Crippen molar-refractivity contribution in [2.24, 2.45) is 0 Å². The quantitative estimate of drug-likeness (QED) is 0.666. The second-order valence-corrected chi connectivity index (χ2v) is 5.59. The van der Waals surface area contributed by atoms with E-state index in [1.165, 1.54) is 12.1 Å². The number of esters is 1. The Bertz CT molecular complexity index is 655. The fourth-order valence-corrected chi connectivity index (χ4v) is 2.36. The van der Waals surface area contributed by atoms with E-state index in [1.54, 1.807) is 0 Å². The number of rotatable bonds is 3. The Hall–Kier alpha value is -1.71. The molecule has 0 saturated carbocycles. The van der Waals surface area contributed by atoms with Crippen LogP contribution in [0.5, 0.6) is 0 Å². The number of hydrogen-bond acceptors (Lipinski definition) is 3. The van der Waals surface area contributed by atoms with E-state index in [-0.39, 0.29) is 27.9 Å². The molecular formula is C16H15Cl2NO2. The van der Waals surface area contributed by atoms with Crippen molar-refractivity contribution in [3.8, 4) is 0 Å². The summed E-state index contributed by atoms with van der Waals surface area (Å²) in [4.78, 5) is 12.1. The van der Waals surface area contributed by atoms with Crippen LogP contribution in [-0.4, -0.2) is 5.97 Å². The molecule has 0 spiro atoms. The minimum Gasteiger partial charge on any atom is -0.457 e. The maximum absolute atomic E-state index is 12.1. The monoisotopic (exact) mass is 323 g/mol. The zero-order valence-corrected chi connectivity index (χ0v) is 13.3. The summed E-state index contributed by atoms with van der Waals surface area (Å²) in [5.41, 5.74) is 9.39. The molecule has 0 bridgehead atoms. The normalized spacial score (nSPS) is 10.5. The van der Waals surface area contributed by atoms with Crippen LogP contribution in [0.2, 0.25) is 10.0 Å². The molecule has 0 aliphatic heterocycles. The molecule has 0 radical (unpaired) electrons. The Morgan fingerprint density at radius 3 is 2.38 bits per heavy atom. The first-order chi connectivity index (χ1) is 9.90. The van der Waals surface area contributed by atoms with Gasteiger partial charge in [0, 0.05) is 0 Å². The van der Waals surface area contributed by atoms with Gasteiger partial charge in [-0.3, -0.25) is 0 Å². The lowest BCUT2D eigenvalue weighted by Gasteiger charge is -2.11. The Morgan fingerprint density at radius 2 is 1.81 bits per heavy atom. The van der Waals surface area contributed by atoms with Gasteiger partial charge in [-0.15, -0.1) is 0 Å². The molecule has 2 aromatic rings. The van der Waals surface area contributed by atoms with Gasteiger partial charge in [-0.2, -0.15) is 0 Å². The number of aryl methyl sites for hydroxylation is 2. The van der Waals surface area contributed by atoms with Crippen LogP contribution in [-0.2, 0) is 11.3 Å². The summed E-state index contributed by atoms with van der Waals surface area (Å²) in [6.45, 7) is 4.16. The van der Waals surface area contributed by atoms with Gasteiger partial charge in [-0.05, 0) is 42.7 Å². The molecule has 0 fully saturated rings. The van der Waals surface area contributed by atoms with E-state index < -0.39 is 5.97 Å². The summed E-state index contributed by atoms with van der Waals surface area (Å²) in [5.74, 6) is -0.483. The van der Waals surface area contributed by atoms with Gasteiger partial charge >= 0.3 is 5.97 Å². The molecule has 110 valence electrons. The number of hydrogen-bond donors (Lipinski definition) is 1. The smallest absolute Gasteiger partial charge is 0.338 e. The van der Waals surface area contributed by atoms with Crippen LogP contribution >= 0.6 is 23.2 Å². The molecule has 0 amide bonds. The summed E-state index contributed by atoms with van der Waals surface area (Å²) in [6, 6.07) is 8.84. The minimum absolute atomic E-state index is 0.206. The summed E-state index contributed by atoms with van der Waals surface area (Å²) >= 11 is 11.8. The summed E-state index contributed by atoms with van der Waals surface area (Å²) in [5, 5.41) is 0.471. The van der Waals surface area contributed by atoms with Crippen LogP contribution in [0.4, 0.5) is 5.69 Å². The third kappa shape index (κ3) is 3.49. The first kappa shape index (κ1) is 15.7. The first-order valence-electron chi connectivity index (χ1n) is 6.37. The average Bonchev–Trinajstić information content (AvgIpc) is 2.43. The number of halogens is 2. The maximum Gasteiger partial charge on any atom is 0.338 e. The zero-order valence-electron chi connectivity index (χ0n) is 11.7. The van der Waals surface area contributed by atoms with Crippen molar-refractivity contribution < 1.29 is 9.53 Å². The minimum atomic E-state index is -0.483. The van der Waals surface area contributed by atoms with Gasteiger partial charge < -0.3 is 10.5 Å². The highest BCUT2D eigenvalue weighted by Gasteiger charge is 2.13. The summed E-state index contributed by atoms with van der Waals surface area (Å²) in [7, 11) is 0. The van der Waals surface area contributed by atoms with E-state index in [0.717, 1.165) is 16.7 Å². The van der Waals surface area contributed by atoms with Gasteiger partial charge in [0.2, 0.25) is 0 Å². The van der Waals surface area contributed by atoms with Crippen molar-refractivity contribution in [2.75, 3.05) is 5.73 Å². The number of benzene rings is 2. The molecule has 0 unspecified atom stereocenters. The highest BCUT2D eigenvalue weighted by atomic mass is 35.5. The van der Waals surface area contributed by atoms with Crippen LogP contribution < -0.4 is 5.73 Å². The maximum atomic E-state index is 12.1. The lowest BCUT2D eigenvalue weighted by molar-refractivity contribution is 0.0471. The van der Waals surface area contributed by atoms with Crippen LogP contribution in [0, 0.1) is 13.8 Å². The summed E-state index contributed by atoms with van der Waals surface area (Å²) < 4.78 is 5.33. The SMILES string of the molecule is Cc1cccc(C)c1COC(=O)c1cc(N)c(Cl)c(Cl)c1. The number of anilines is 1. The van der Waals surface area contributed by atoms with E-state index in [9.17, 15) is 4.79 Å². The summed E-state index contributed by atoms with van der Waals surface area (Å²) in [6.07, 6.45) is 0. The number of nitrogens with two attached hydrogens (primary N) is 1. The molecule has 3 nitrogen and oxygen atoms in total. The van der Waals surface area contributed by atoms with E-state index in [1.807, 2.05) is 32.0 Å². The van der Waals surface area contributed by atoms with Crippen molar-refractivity contribution >= 4 is 34.9 Å². The van der Waals surface area contributed by atoms with E-state index in [0.29, 0.717) is 0 Å². The molecule has 21 heavy (non-hydrogen) atoms. The first-order valence-corrected chi connectivity index (χ1v) is 7.12. The predicted octanol–water partition coefficient (Wildman–Crippen LogP) is 4.55. The highest BCUT2D eigenvalue weighted by molar-refractivity contribution is 6.43. The topological polar surface area (TPSA) is 52.3 Å². The van der Waals surface area contributed by atoms with Crippen LogP contribution in [0.15, 0.2) is 30.3 Å².